The third-order valence-corrected chi connectivity index (χ3v) is 4.87. The van der Waals surface area contributed by atoms with E-state index in [1.807, 2.05) is 25.1 Å². The van der Waals surface area contributed by atoms with Gasteiger partial charge in [0.2, 0.25) is 12.0 Å². The number of nitrogens with zero attached hydrogens (tertiary/aromatic N) is 5. The molecule has 0 radical (unpaired) electrons. The molecule has 1 aromatic heterocycles. The zero-order valence-electron chi connectivity index (χ0n) is 16.5. The van der Waals surface area contributed by atoms with Crippen molar-refractivity contribution < 1.29 is 53.5 Å². The fourth-order valence-corrected chi connectivity index (χ4v) is 3.26. The summed E-state index contributed by atoms with van der Waals surface area (Å²) in [5.74, 6) is 1.83. The van der Waals surface area contributed by atoms with E-state index in [-0.39, 0.29) is 6.54 Å². The van der Waals surface area contributed by atoms with Gasteiger partial charge in [0.15, 0.2) is 5.84 Å². The number of ether oxygens (including phenoxy) is 1. The maximum absolute atomic E-state index is 12.9. The quantitative estimate of drug-likeness (QED) is 0.230. The summed E-state index contributed by atoms with van der Waals surface area (Å²) >= 11 is 0. The summed E-state index contributed by atoms with van der Waals surface area (Å²) in [4.78, 5) is 23.6. The van der Waals surface area contributed by atoms with Crippen LogP contribution in [0.15, 0.2) is 38.8 Å². The van der Waals surface area contributed by atoms with Gasteiger partial charge in [-0.1, -0.05) is 0 Å². The number of hydrogen-bond donors (Lipinski definition) is 6. The van der Waals surface area contributed by atoms with E-state index in [2.05, 4.69) is 9.98 Å². The van der Waals surface area contributed by atoms with Gasteiger partial charge in [-0.2, -0.15) is 18.9 Å². The van der Waals surface area contributed by atoms with Gasteiger partial charge in [-0.3, -0.25) is 0 Å². The van der Waals surface area contributed by atoms with Gasteiger partial charge in [0.05, 0.1) is 12.2 Å². The molecule has 0 spiro atoms. The Morgan fingerprint density at radius 3 is 2.52 bits per heavy atom. The molecule has 4 heterocycles. The van der Waals surface area contributed by atoms with E-state index in [9.17, 15) is 20.1 Å². The van der Waals surface area contributed by atoms with Crippen LogP contribution >= 0.6 is 0 Å². The third-order valence-electron chi connectivity index (χ3n) is 4.87. The molecule has 3 aliphatic heterocycles. The summed E-state index contributed by atoms with van der Waals surface area (Å²) in [5.41, 5.74) is 0.363. The van der Waals surface area contributed by atoms with Crippen LogP contribution in [0.4, 0.5) is 5.82 Å². The van der Waals surface area contributed by atoms with Crippen LogP contribution in [0.1, 0.15) is 13.2 Å². The first-order valence-corrected chi connectivity index (χ1v) is 10.2. The van der Waals surface area contributed by atoms with Crippen molar-refractivity contribution in [3.8, 4) is 0 Å². The number of amidine groups is 2. The topological polar surface area (TPSA) is 208 Å². The molecule has 3 aliphatic rings. The third kappa shape index (κ3) is 4.98. The molecule has 15 heteroatoms. The Bertz CT molecular complexity index is 996. The second-order valence-electron chi connectivity index (χ2n) is 6.97. The van der Waals surface area contributed by atoms with Crippen LogP contribution in [0.2, 0.25) is 0 Å². The summed E-state index contributed by atoms with van der Waals surface area (Å²) in [6.45, 7) is 1.70. The van der Waals surface area contributed by atoms with Gasteiger partial charge >= 0.3 is 34.6 Å². The Kier molecular flexibility index (Phi) is 6.56. The minimum atomic E-state index is -4.19. The molecule has 172 valence electrons. The maximum atomic E-state index is 12.9. The Hall–Kier alpha value is -2.27. The first kappa shape index (κ1) is 23.4. The van der Waals surface area contributed by atoms with Crippen molar-refractivity contribution in [2.24, 2.45) is 9.98 Å². The van der Waals surface area contributed by atoms with Crippen LogP contribution in [-0.2, 0) is 11.3 Å². The van der Waals surface area contributed by atoms with Gasteiger partial charge in [0, 0.05) is 19.3 Å². The number of aromatic nitrogens is 2. The second kappa shape index (κ2) is 8.70. The van der Waals surface area contributed by atoms with Gasteiger partial charge < -0.3 is 25.0 Å². The number of fused-ring (bicyclic) bond motifs is 2. The number of rotatable bonds is 2. The number of aliphatic imine (C=N–C) groups is 2. The zero-order chi connectivity index (χ0) is 23.1. The van der Waals surface area contributed by atoms with Crippen molar-refractivity contribution in [2.45, 2.75) is 38.0 Å². The van der Waals surface area contributed by atoms with E-state index in [4.69, 9.17) is 23.4 Å². The molecule has 4 atom stereocenters. The van der Waals surface area contributed by atoms with Crippen molar-refractivity contribution in [3.63, 3.8) is 0 Å². The van der Waals surface area contributed by atoms with E-state index in [1.165, 1.54) is 15.3 Å². The second-order valence-corrected chi connectivity index (χ2v) is 7.84. The summed E-state index contributed by atoms with van der Waals surface area (Å²) in [6.07, 6.45) is -1.28. The molecule has 1 saturated heterocycles. The van der Waals surface area contributed by atoms with Gasteiger partial charge in [0.1, 0.15) is 36.9 Å². The van der Waals surface area contributed by atoms with Crippen LogP contribution in [0.3, 0.4) is 0 Å². The van der Waals surface area contributed by atoms with Crippen LogP contribution < -0.4 is 14.9 Å². The van der Waals surface area contributed by atoms with E-state index in [1.54, 1.807) is 6.07 Å². The normalized spacial score (nSPS) is 27.9. The Labute approximate surface area is 177 Å². The van der Waals surface area contributed by atoms with E-state index >= 15 is 0 Å². The molecule has 31 heavy (non-hydrogen) atoms. The molecule has 0 aromatic carbocycles. The summed E-state index contributed by atoms with van der Waals surface area (Å²) in [5, 5.41) is 29.3. The van der Waals surface area contributed by atoms with E-state index < -0.39 is 47.1 Å². The minimum absolute atomic E-state index is 0.282. The van der Waals surface area contributed by atoms with Crippen LogP contribution in [0.5, 0.6) is 0 Å². The van der Waals surface area contributed by atoms with Crippen molar-refractivity contribution in [1.82, 2.24) is 9.47 Å². The monoisotopic (exact) mass is 464 g/mol. The average Bonchev–Trinajstić information content (AvgIpc) is 2.95. The zero-order valence-corrected chi connectivity index (χ0v) is 17.2. The fourth-order valence-electron chi connectivity index (χ4n) is 3.26. The van der Waals surface area contributed by atoms with Crippen molar-refractivity contribution >= 4 is 17.5 Å². The van der Waals surface area contributed by atoms with Crippen LogP contribution in [-0.4, -0.2) is 82.4 Å². The summed E-state index contributed by atoms with van der Waals surface area (Å²) in [7, 11) is -2.33. The molecular weight excluding hydrogens is 442 g/mol. The summed E-state index contributed by atoms with van der Waals surface area (Å²) in [6, 6.07) is 1.63. The number of aliphatic hydroxyl groups is 3. The number of hydrogen-bond acceptors (Lipinski definition) is 12. The molecule has 0 bridgehead atoms. The van der Waals surface area contributed by atoms with Crippen molar-refractivity contribution in [3.05, 3.63) is 34.5 Å². The van der Waals surface area contributed by atoms with Gasteiger partial charge in [-0.25, -0.2) is 4.99 Å². The molecule has 1 aromatic rings. The SMILES string of the molecule is CC1=NC2=Nc3cc[n+](C4OC(CO)C(O)C4O)c(=O)n3CC2=CN1C.[O-][Cl+](O)(O)O. The van der Waals surface area contributed by atoms with E-state index in [0.29, 0.717) is 11.7 Å². The Morgan fingerprint density at radius 1 is 1.29 bits per heavy atom. The molecule has 1 fully saturated rings. The van der Waals surface area contributed by atoms with Crippen LogP contribution in [0.25, 0.3) is 0 Å². The fraction of sp³-hybridized carbons (Fsp3) is 0.500. The van der Waals surface area contributed by atoms with Crippen molar-refractivity contribution in [2.75, 3.05) is 13.7 Å². The first-order chi connectivity index (χ1) is 14.4. The van der Waals surface area contributed by atoms with Crippen LogP contribution in [0, 0.1) is 10.2 Å². The molecule has 14 nitrogen and oxygen atoms in total. The summed E-state index contributed by atoms with van der Waals surface area (Å²) < 4.78 is 38.3. The predicted octanol–water partition coefficient (Wildman–Crippen LogP) is -4.82. The predicted molar refractivity (Wildman–Crippen MR) is 96.6 cm³/mol. The molecule has 0 saturated carbocycles. The first-order valence-electron chi connectivity index (χ1n) is 8.92. The molecule has 0 aliphatic carbocycles. The van der Waals surface area contributed by atoms with Gasteiger partial charge in [-0.15, -0.1) is 0 Å². The molecule has 4 rings (SSSR count). The Balaban J connectivity index is 0.000000491. The Morgan fingerprint density at radius 2 is 1.94 bits per heavy atom. The molecule has 6 N–H and O–H groups in total. The van der Waals surface area contributed by atoms with Gasteiger partial charge in [0.25, 0.3) is 0 Å². The molecule has 0 amide bonds. The van der Waals surface area contributed by atoms with Gasteiger partial charge in [-0.05, 0) is 6.92 Å². The average molecular weight is 465 g/mol. The molecule has 4 unspecified atom stereocenters. The van der Waals surface area contributed by atoms with E-state index in [0.717, 1.165) is 11.4 Å². The number of halogens is 1. The number of aliphatic hydroxyl groups excluding tert-OH is 3. The van der Waals surface area contributed by atoms with Crippen molar-refractivity contribution in [1.29, 1.82) is 0 Å². The standard InChI is InChI=1S/C16H20N5O5.ClH3O4/c1-8-17-14-9(5-19(8)2)6-21-11(18-14)3-4-20(16(21)25)15-13(24)12(23)10(7-22)26-15;2-1(3,4)5/h3-5,10,12-13,15,22-24H,6-7H2,1-2H3;2-4H/q+1;. The molecular formula is C16H23ClN5O9+.